The van der Waals surface area contributed by atoms with E-state index in [4.69, 9.17) is 14.2 Å². The van der Waals surface area contributed by atoms with Crippen LogP contribution >= 0.6 is 0 Å². The largest absolute Gasteiger partial charge is 0.488 e. The molecule has 0 unspecified atom stereocenters. The molecule has 12 nitrogen and oxygen atoms in total. The summed E-state index contributed by atoms with van der Waals surface area (Å²) in [4.78, 5) is 42.5. The van der Waals surface area contributed by atoms with Gasteiger partial charge in [-0.15, -0.1) is 0 Å². The first-order valence-electron chi connectivity index (χ1n) is 14.4. The first-order chi connectivity index (χ1) is 21.2. The molecule has 2 aliphatic heterocycles. The lowest BCUT2D eigenvalue weighted by Crippen LogP contribution is -2.48. The van der Waals surface area contributed by atoms with Gasteiger partial charge in [0, 0.05) is 48.2 Å². The van der Waals surface area contributed by atoms with Gasteiger partial charge in [0.2, 0.25) is 12.7 Å². The number of hydrogen-bond donors (Lipinski definition) is 4. The number of aliphatic hydroxyl groups excluding tert-OH is 1. The summed E-state index contributed by atoms with van der Waals surface area (Å²) < 4.78 is 17.2. The van der Waals surface area contributed by atoms with E-state index >= 15 is 0 Å². The first-order valence-corrected chi connectivity index (χ1v) is 14.4. The Hall–Kier alpha value is -4.97. The van der Waals surface area contributed by atoms with Crippen molar-refractivity contribution in [2.45, 2.75) is 32.4 Å². The summed E-state index contributed by atoms with van der Waals surface area (Å²) in [6, 6.07) is 18.2. The number of hydrogen-bond acceptors (Lipinski definition) is 7. The van der Waals surface area contributed by atoms with Gasteiger partial charge in [-0.3, -0.25) is 4.79 Å². The van der Waals surface area contributed by atoms with Crippen LogP contribution in [0.1, 0.15) is 19.4 Å². The van der Waals surface area contributed by atoms with E-state index < -0.39 is 18.2 Å². The molecular formula is C32H37N5O7. The Labute approximate surface area is 255 Å². The first kappa shape index (κ1) is 30.5. The minimum Gasteiger partial charge on any atom is -0.488 e. The van der Waals surface area contributed by atoms with E-state index in [1.807, 2.05) is 37.3 Å². The van der Waals surface area contributed by atoms with Crippen LogP contribution in [0.4, 0.5) is 26.7 Å². The van der Waals surface area contributed by atoms with E-state index in [2.05, 4.69) is 16.0 Å². The Kier molecular flexibility index (Phi) is 9.39. The molecule has 0 spiro atoms. The minimum absolute atomic E-state index is 0.00272. The summed E-state index contributed by atoms with van der Waals surface area (Å²) in [5, 5.41) is 18.4. The molecule has 232 valence electrons. The number of likely N-dealkylation sites (N-methyl/N-ethyl adjacent to an activating group) is 1. The van der Waals surface area contributed by atoms with Gasteiger partial charge in [-0.2, -0.15) is 0 Å². The maximum Gasteiger partial charge on any atom is 0.323 e. The van der Waals surface area contributed by atoms with Gasteiger partial charge in [0.15, 0.2) is 11.5 Å². The number of carbonyl (C=O) groups is 3. The van der Waals surface area contributed by atoms with Crippen molar-refractivity contribution in [3.63, 3.8) is 0 Å². The zero-order chi connectivity index (χ0) is 31.2. The molecule has 0 aromatic heterocycles. The molecule has 12 heteroatoms. The highest BCUT2D eigenvalue weighted by Gasteiger charge is 2.32. The van der Waals surface area contributed by atoms with Crippen LogP contribution in [0.3, 0.4) is 0 Å². The van der Waals surface area contributed by atoms with Crippen molar-refractivity contribution in [1.29, 1.82) is 0 Å². The van der Waals surface area contributed by atoms with Crippen LogP contribution in [-0.2, 0) is 11.2 Å². The molecule has 0 saturated carbocycles. The molecule has 4 N–H and O–H groups in total. The number of aliphatic hydroxyl groups is 1. The van der Waals surface area contributed by atoms with E-state index in [-0.39, 0.29) is 44.2 Å². The number of rotatable bonds is 7. The monoisotopic (exact) mass is 603 g/mol. The molecule has 5 amide bonds. The van der Waals surface area contributed by atoms with Crippen LogP contribution in [0, 0.1) is 5.92 Å². The number of anilines is 3. The third kappa shape index (κ3) is 7.32. The second-order valence-corrected chi connectivity index (χ2v) is 11.0. The molecule has 3 atom stereocenters. The lowest BCUT2D eigenvalue weighted by atomic mass is 10.0. The zero-order valence-corrected chi connectivity index (χ0v) is 24.9. The van der Waals surface area contributed by atoms with Crippen molar-refractivity contribution in [3.05, 3.63) is 72.3 Å². The highest BCUT2D eigenvalue weighted by atomic mass is 16.7. The van der Waals surface area contributed by atoms with Gasteiger partial charge in [-0.05, 0) is 49.4 Å². The average Bonchev–Trinajstić information content (AvgIpc) is 3.49. The van der Waals surface area contributed by atoms with E-state index in [1.54, 1.807) is 60.2 Å². The lowest BCUT2D eigenvalue weighted by Gasteiger charge is -2.34. The van der Waals surface area contributed by atoms with Crippen LogP contribution in [0.15, 0.2) is 66.7 Å². The predicted molar refractivity (Wildman–Crippen MR) is 165 cm³/mol. The van der Waals surface area contributed by atoms with Gasteiger partial charge in [0.25, 0.3) is 0 Å². The minimum atomic E-state index is -0.479. The van der Waals surface area contributed by atoms with Crippen molar-refractivity contribution in [3.8, 4) is 17.2 Å². The molecule has 2 heterocycles. The van der Waals surface area contributed by atoms with Gasteiger partial charge >= 0.3 is 12.1 Å². The van der Waals surface area contributed by atoms with Gasteiger partial charge < -0.3 is 45.1 Å². The van der Waals surface area contributed by atoms with Crippen molar-refractivity contribution in [1.82, 2.24) is 9.80 Å². The van der Waals surface area contributed by atoms with Gasteiger partial charge in [-0.25, -0.2) is 9.59 Å². The summed E-state index contributed by atoms with van der Waals surface area (Å²) >= 11 is 0. The van der Waals surface area contributed by atoms with Crippen LogP contribution in [0.2, 0.25) is 0 Å². The lowest BCUT2D eigenvalue weighted by molar-refractivity contribution is -0.134. The molecule has 0 aliphatic carbocycles. The SMILES string of the molecule is C[C@H](CO)N1C[C@H](C)[C@H](CN(C)C(=O)Nc2ccccc2)Oc2ccc(NC(=O)Nc3ccc4c(c3)OCO4)cc2CC1=O. The highest BCUT2D eigenvalue weighted by Crippen LogP contribution is 2.34. The van der Waals surface area contributed by atoms with Crippen LogP contribution in [0.25, 0.3) is 0 Å². The topological polar surface area (TPSA) is 142 Å². The molecular weight excluding hydrogens is 566 g/mol. The van der Waals surface area contributed by atoms with Crippen LogP contribution < -0.4 is 30.2 Å². The normalized spacial score (nSPS) is 18.1. The summed E-state index contributed by atoms with van der Waals surface area (Å²) in [5.74, 6) is 1.27. The molecule has 0 fully saturated rings. The Morgan fingerprint density at radius 3 is 2.36 bits per heavy atom. The van der Waals surface area contributed by atoms with Crippen LogP contribution in [-0.4, -0.2) is 78.6 Å². The summed E-state index contributed by atoms with van der Waals surface area (Å²) in [6.45, 7) is 4.25. The van der Waals surface area contributed by atoms with Crippen LogP contribution in [0.5, 0.6) is 17.2 Å². The van der Waals surface area contributed by atoms with E-state index in [0.717, 1.165) is 0 Å². The summed E-state index contributed by atoms with van der Waals surface area (Å²) in [6.07, 6.45) is -0.476. The maximum absolute atomic E-state index is 13.5. The highest BCUT2D eigenvalue weighted by molar-refractivity contribution is 6.00. The number of urea groups is 2. The molecule has 3 aromatic rings. The number of nitrogens with zero attached hydrogens (tertiary/aromatic N) is 2. The third-order valence-corrected chi connectivity index (χ3v) is 7.63. The fourth-order valence-electron chi connectivity index (χ4n) is 5.09. The summed E-state index contributed by atoms with van der Waals surface area (Å²) in [7, 11) is 1.69. The Morgan fingerprint density at radius 1 is 0.955 bits per heavy atom. The predicted octanol–water partition coefficient (Wildman–Crippen LogP) is 4.37. The molecule has 0 radical (unpaired) electrons. The second-order valence-electron chi connectivity index (χ2n) is 11.0. The van der Waals surface area contributed by atoms with E-state index in [9.17, 15) is 19.5 Å². The van der Waals surface area contributed by atoms with Gasteiger partial charge in [-0.1, -0.05) is 25.1 Å². The van der Waals surface area contributed by atoms with Crippen molar-refractivity contribution in [2.75, 3.05) is 49.5 Å². The third-order valence-electron chi connectivity index (χ3n) is 7.63. The molecule has 2 aliphatic rings. The standard InChI is InChI=1S/C32H37N5O7/c1-20-16-37(21(2)18-38)30(39)14-22-13-24(33-31(40)34-25-10-12-27-28(15-25)43-19-42-27)9-11-26(22)44-29(20)17-36(3)32(41)35-23-7-5-4-6-8-23/h4-13,15,20-21,29,38H,14,16-19H2,1-3H3,(H,35,41)(H2,33,34,40)/t20-,21+,29-/m0/s1. The molecule has 3 aromatic carbocycles. The molecule has 44 heavy (non-hydrogen) atoms. The van der Waals surface area contributed by atoms with E-state index in [0.29, 0.717) is 46.4 Å². The summed E-state index contributed by atoms with van der Waals surface area (Å²) in [5.41, 5.74) is 2.23. The van der Waals surface area contributed by atoms with Crippen molar-refractivity contribution >= 4 is 35.0 Å². The number of benzene rings is 3. The van der Waals surface area contributed by atoms with Gasteiger partial charge in [0.1, 0.15) is 11.9 Å². The van der Waals surface area contributed by atoms with E-state index in [1.165, 1.54) is 0 Å². The number of para-hydroxylation sites is 1. The Bertz CT molecular complexity index is 1500. The van der Waals surface area contributed by atoms with Gasteiger partial charge in [0.05, 0.1) is 25.6 Å². The zero-order valence-electron chi connectivity index (χ0n) is 24.9. The van der Waals surface area contributed by atoms with Crippen molar-refractivity contribution in [2.24, 2.45) is 5.92 Å². The fourth-order valence-corrected chi connectivity index (χ4v) is 5.09. The number of amides is 5. The number of carbonyl (C=O) groups excluding carboxylic acids is 3. The quantitative estimate of drug-likeness (QED) is 0.314. The second kappa shape index (κ2) is 13.6. The average molecular weight is 604 g/mol. The Morgan fingerprint density at radius 2 is 1.64 bits per heavy atom. The molecule has 0 bridgehead atoms. The fraction of sp³-hybridized carbons (Fsp3) is 0.344. The smallest absolute Gasteiger partial charge is 0.323 e. The number of ether oxygens (including phenoxy) is 3. The molecule has 0 saturated heterocycles. The van der Waals surface area contributed by atoms with Crippen molar-refractivity contribution < 1.29 is 33.7 Å². The number of nitrogens with one attached hydrogen (secondary N) is 3. The number of fused-ring (bicyclic) bond motifs is 2. The molecule has 5 rings (SSSR count). The Balaban J connectivity index is 1.34. The maximum atomic E-state index is 13.5.